The molecule has 5 nitrogen and oxygen atoms in total. The van der Waals surface area contributed by atoms with E-state index in [1.165, 1.54) is 11.1 Å². The molecule has 1 aromatic heterocycles. The molecule has 1 aliphatic rings. The lowest BCUT2D eigenvalue weighted by Crippen LogP contribution is -2.31. The molecular formula is C24H30N2O3. The van der Waals surface area contributed by atoms with Gasteiger partial charge in [-0.1, -0.05) is 12.1 Å². The van der Waals surface area contributed by atoms with Crippen molar-refractivity contribution in [3.05, 3.63) is 48.2 Å². The lowest BCUT2D eigenvalue weighted by atomic mass is 10.0. The van der Waals surface area contributed by atoms with E-state index in [-0.39, 0.29) is 18.8 Å². The Bertz CT molecular complexity index is 979. The molecule has 0 radical (unpaired) electrons. The van der Waals surface area contributed by atoms with Crippen LogP contribution >= 0.6 is 0 Å². The minimum atomic E-state index is 0.0854. The van der Waals surface area contributed by atoms with Crippen molar-refractivity contribution < 1.29 is 14.6 Å². The Kier molecular flexibility index (Phi) is 5.79. The summed E-state index contributed by atoms with van der Waals surface area (Å²) in [6.45, 7) is 6.17. The normalized spacial score (nSPS) is 17.3. The molecule has 0 unspecified atom stereocenters. The Morgan fingerprint density at radius 3 is 2.66 bits per heavy atom. The van der Waals surface area contributed by atoms with Crippen LogP contribution in [0.15, 0.2) is 42.5 Å². The van der Waals surface area contributed by atoms with Crippen LogP contribution in [-0.2, 0) is 6.54 Å². The second-order valence-electron chi connectivity index (χ2n) is 8.08. The van der Waals surface area contributed by atoms with Gasteiger partial charge < -0.3 is 19.6 Å². The fraction of sp³-hybridized carbons (Fsp3) is 0.417. The SMILES string of the molecule is COc1ccc(-c2ccc3[nH]c(CN4CCC[C@@H]4CO)cc3c2)cc1OC(C)C. The highest BCUT2D eigenvalue weighted by Crippen LogP contribution is 2.34. The first-order chi connectivity index (χ1) is 14.1. The number of methoxy groups -OCH3 is 1. The van der Waals surface area contributed by atoms with Crippen molar-refractivity contribution in [3.8, 4) is 22.6 Å². The van der Waals surface area contributed by atoms with E-state index in [2.05, 4.69) is 40.2 Å². The summed E-state index contributed by atoms with van der Waals surface area (Å²) < 4.78 is 11.4. The van der Waals surface area contributed by atoms with E-state index in [1.807, 2.05) is 26.0 Å². The number of aliphatic hydroxyl groups is 1. The summed E-state index contributed by atoms with van der Waals surface area (Å²) in [5, 5.41) is 10.8. The standard InChI is InChI=1S/C24H30N2O3/c1-16(2)29-24-13-18(7-9-23(24)28-3)17-6-8-22-19(11-17)12-20(25-22)14-26-10-4-5-21(26)15-27/h6-9,11-13,16,21,25,27H,4-5,10,14-15H2,1-3H3/t21-/m1/s1. The number of benzene rings is 2. The number of hydrogen-bond acceptors (Lipinski definition) is 4. The number of fused-ring (bicyclic) bond motifs is 1. The molecule has 2 N–H and O–H groups in total. The molecule has 1 fully saturated rings. The maximum atomic E-state index is 9.56. The number of aromatic amines is 1. The van der Waals surface area contributed by atoms with Crippen molar-refractivity contribution in [2.45, 2.75) is 45.4 Å². The fourth-order valence-electron chi connectivity index (χ4n) is 4.19. The average Bonchev–Trinajstić information content (AvgIpc) is 3.32. The van der Waals surface area contributed by atoms with Gasteiger partial charge in [-0.2, -0.15) is 0 Å². The van der Waals surface area contributed by atoms with Gasteiger partial charge in [0.1, 0.15) is 0 Å². The van der Waals surface area contributed by atoms with Gasteiger partial charge in [0.15, 0.2) is 11.5 Å². The molecule has 29 heavy (non-hydrogen) atoms. The molecule has 5 heteroatoms. The number of nitrogens with zero attached hydrogens (tertiary/aromatic N) is 1. The van der Waals surface area contributed by atoms with Gasteiger partial charge in [0, 0.05) is 29.2 Å². The molecular weight excluding hydrogens is 364 g/mol. The zero-order valence-corrected chi connectivity index (χ0v) is 17.4. The highest BCUT2D eigenvalue weighted by atomic mass is 16.5. The van der Waals surface area contributed by atoms with Crippen molar-refractivity contribution in [2.24, 2.45) is 0 Å². The Hall–Kier alpha value is -2.50. The third-order valence-corrected chi connectivity index (χ3v) is 5.62. The molecule has 0 bridgehead atoms. The molecule has 4 rings (SSSR count). The summed E-state index contributed by atoms with van der Waals surface area (Å²) in [5.74, 6) is 1.51. The zero-order chi connectivity index (χ0) is 20.4. The van der Waals surface area contributed by atoms with Crippen molar-refractivity contribution in [1.29, 1.82) is 0 Å². The monoisotopic (exact) mass is 394 g/mol. The molecule has 1 atom stereocenters. The summed E-state index contributed by atoms with van der Waals surface area (Å²) in [5.41, 5.74) is 4.58. The summed E-state index contributed by atoms with van der Waals surface area (Å²) >= 11 is 0. The predicted octanol–water partition coefficient (Wildman–Crippen LogP) is 4.59. The van der Waals surface area contributed by atoms with E-state index in [0.29, 0.717) is 0 Å². The lowest BCUT2D eigenvalue weighted by molar-refractivity contribution is 0.152. The van der Waals surface area contributed by atoms with E-state index in [1.54, 1.807) is 7.11 Å². The Balaban J connectivity index is 1.60. The predicted molar refractivity (Wildman–Crippen MR) is 117 cm³/mol. The number of aliphatic hydroxyl groups excluding tert-OH is 1. The molecule has 0 aliphatic carbocycles. The van der Waals surface area contributed by atoms with Gasteiger partial charge in [-0.25, -0.2) is 0 Å². The Morgan fingerprint density at radius 1 is 1.10 bits per heavy atom. The third kappa shape index (κ3) is 4.26. The van der Waals surface area contributed by atoms with E-state index >= 15 is 0 Å². The van der Waals surface area contributed by atoms with E-state index in [4.69, 9.17) is 9.47 Å². The Labute approximate surface area is 172 Å². The first kappa shape index (κ1) is 19.8. The summed E-state index contributed by atoms with van der Waals surface area (Å²) in [6.07, 6.45) is 2.33. The topological polar surface area (TPSA) is 57.7 Å². The van der Waals surface area contributed by atoms with Crippen molar-refractivity contribution in [2.75, 3.05) is 20.3 Å². The minimum absolute atomic E-state index is 0.0854. The number of hydrogen-bond donors (Lipinski definition) is 2. The second-order valence-corrected chi connectivity index (χ2v) is 8.08. The van der Waals surface area contributed by atoms with E-state index < -0.39 is 0 Å². The molecule has 0 saturated carbocycles. The molecule has 1 saturated heterocycles. The number of nitrogens with one attached hydrogen (secondary N) is 1. The van der Waals surface area contributed by atoms with Gasteiger partial charge in [0.2, 0.25) is 0 Å². The van der Waals surface area contributed by atoms with Gasteiger partial charge in [-0.05, 0) is 74.7 Å². The van der Waals surface area contributed by atoms with Crippen LogP contribution < -0.4 is 9.47 Å². The highest BCUT2D eigenvalue weighted by molar-refractivity contribution is 5.86. The summed E-state index contributed by atoms with van der Waals surface area (Å²) in [7, 11) is 1.66. The molecule has 1 aliphatic heterocycles. The quantitative estimate of drug-likeness (QED) is 0.615. The van der Waals surface area contributed by atoms with E-state index in [9.17, 15) is 5.11 Å². The minimum Gasteiger partial charge on any atom is -0.493 e. The third-order valence-electron chi connectivity index (χ3n) is 5.62. The number of ether oxygens (including phenoxy) is 2. The van der Waals surface area contributed by atoms with Crippen LogP contribution in [0.1, 0.15) is 32.4 Å². The Morgan fingerprint density at radius 2 is 1.90 bits per heavy atom. The van der Waals surface area contributed by atoms with Crippen molar-refractivity contribution in [1.82, 2.24) is 9.88 Å². The molecule has 2 aromatic carbocycles. The van der Waals surface area contributed by atoms with E-state index in [0.717, 1.165) is 54.1 Å². The van der Waals surface area contributed by atoms with Crippen LogP contribution in [0.4, 0.5) is 0 Å². The number of rotatable bonds is 7. The maximum Gasteiger partial charge on any atom is 0.162 e. The van der Waals surface area contributed by atoms with Gasteiger partial charge in [0.05, 0.1) is 19.8 Å². The summed E-state index contributed by atoms with van der Waals surface area (Å²) in [4.78, 5) is 5.90. The molecule has 0 spiro atoms. The van der Waals surface area contributed by atoms with Crippen LogP contribution in [0.2, 0.25) is 0 Å². The van der Waals surface area contributed by atoms with Crippen LogP contribution in [-0.4, -0.2) is 47.4 Å². The largest absolute Gasteiger partial charge is 0.493 e. The van der Waals surface area contributed by atoms with Gasteiger partial charge in [-0.3, -0.25) is 4.90 Å². The van der Waals surface area contributed by atoms with Gasteiger partial charge in [-0.15, -0.1) is 0 Å². The zero-order valence-electron chi connectivity index (χ0n) is 17.4. The van der Waals surface area contributed by atoms with Crippen molar-refractivity contribution >= 4 is 10.9 Å². The van der Waals surface area contributed by atoms with Gasteiger partial charge in [0.25, 0.3) is 0 Å². The number of likely N-dealkylation sites (tertiary alicyclic amines) is 1. The van der Waals surface area contributed by atoms with Crippen LogP contribution in [0.25, 0.3) is 22.0 Å². The average molecular weight is 395 g/mol. The molecule has 154 valence electrons. The summed E-state index contributed by atoms with van der Waals surface area (Å²) in [6, 6.07) is 15.1. The first-order valence-electron chi connectivity index (χ1n) is 10.4. The molecule has 3 aromatic rings. The van der Waals surface area contributed by atoms with Gasteiger partial charge >= 0.3 is 0 Å². The first-order valence-corrected chi connectivity index (χ1v) is 10.4. The highest BCUT2D eigenvalue weighted by Gasteiger charge is 2.24. The fourth-order valence-corrected chi connectivity index (χ4v) is 4.19. The van der Waals surface area contributed by atoms with Crippen LogP contribution in [0, 0.1) is 0 Å². The van der Waals surface area contributed by atoms with Crippen LogP contribution in [0.5, 0.6) is 11.5 Å². The van der Waals surface area contributed by atoms with Crippen LogP contribution in [0.3, 0.4) is 0 Å². The number of aromatic nitrogens is 1. The lowest BCUT2D eigenvalue weighted by Gasteiger charge is -2.21. The number of H-pyrrole nitrogens is 1. The second kappa shape index (κ2) is 8.47. The van der Waals surface area contributed by atoms with Crippen molar-refractivity contribution in [3.63, 3.8) is 0 Å². The maximum absolute atomic E-state index is 9.56. The smallest absolute Gasteiger partial charge is 0.162 e. The molecule has 2 heterocycles. The molecule has 0 amide bonds.